The van der Waals surface area contributed by atoms with Gasteiger partial charge in [0.2, 0.25) is 0 Å². The highest BCUT2D eigenvalue weighted by Crippen LogP contribution is 2.45. The van der Waals surface area contributed by atoms with Gasteiger partial charge in [0.15, 0.2) is 12.2 Å². The van der Waals surface area contributed by atoms with E-state index in [1.54, 1.807) is 0 Å². The van der Waals surface area contributed by atoms with Crippen LogP contribution in [0.2, 0.25) is 0 Å². The molecule has 0 aromatic heterocycles. The molecule has 0 aromatic rings. The third-order valence-electron chi connectivity index (χ3n) is 19.6. The molecule has 0 aromatic carbocycles. The number of unbranched alkanes of at least 4 members (excludes halogenated alkanes) is 45. The van der Waals surface area contributed by atoms with Gasteiger partial charge in [-0.15, -0.1) is 0 Å². The Hall–Kier alpha value is -2.46. The Bertz CT molecular complexity index is 2110. The predicted molar refractivity (Wildman–Crippen MR) is 427 cm³/mol. The molecular weight excluding hydrogens is 1350 g/mol. The number of esters is 4. The summed E-state index contributed by atoms with van der Waals surface area (Å²) in [5, 5.41) is 10.7. The molecule has 6 atom stereocenters. The lowest BCUT2D eigenvalue weighted by Gasteiger charge is -2.21. The van der Waals surface area contributed by atoms with E-state index in [0.29, 0.717) is 31.6 Å². The van der Waals surface area contributed by atoms with Gasteiger partial charge in [-0.25, -0.2) is 9.13 Å². The Morgan fingerprint density at radius 3 is 0.856 bits per heavy atom. The standard InChI is InChI=1S/C85H162O17P2/c1-8-10-11-12-13-14-15-16-21-29-34-39-46-54-61-68-85(90)102-81(73-96-83(88)67-60-53-48-41-43-50-57-64-77(5)6)75-100-104(93,94)98-71-79(86)70-97-103(91,92)99-74-80(72-95-82(87)66-59-52-45-38-33-28-25-24-26-31-36-42-49-56-63-76(3)4)101-84(89)69-62-55-47-40-35-30-23-20-18-17-19-22-27-32-37-44-51-58-65-78(7)9-2/h14-16,21,76-81,86H,8-13,17-20,22-75H2,1-7H3,(H,91,92)(H,93,94)/b15-14-,21-16-/t78?,79?,80-,81-/m1/s1. The summed E-state index contributed by atoms with van der Waals surface area (Å²) in [6, 6.07) is 0. The van der Waals surface area contributed by atoms with Crippen LogP contribution >= 0.6 is 15.6 Å². The number of phosphoric acid groups is 2. The van der Waals surface area contributed by atoms with Gasteiger partial charge in [-0.1, -0.05) is 368 Å². The molecule has 0 fully saturated rings. The first-order valence-corrected chi connectivity index (χ1v) is 46.2. The van der Waals surface area contributed by atoms with Gasteiger partial charge in [0, 0.05) is 25.7 Å². The fourth-order valence-corrected chi connectivity index (χ4v) is 14.2. The molecule has 0 aliphatic carbocycles. The molecule has 3 N–H and O–H groups in total. The predicted octanol–water partition coefficient (Wildman–Crippen LogP) is 25.3. The number of carbonyl (C=O) groups is 4. The number of aliphatic hydroxyl groups excluding tert-OH is 1. The van der Waals surface area contributed by atoms with Gasteiger partial charge >= 0.3 is 39.5 Å². The molecule has 17 nitrogen and oxygen atoms in total. The van der Waals surface area contributed by atoms with Crippen molar-refractivity contribution < 1.29 is 80.2 Å². The molecule has 0 aliphatic rings. The van der Waals surface area contributed by atoms with Crippen LogP contribution in [0.5, 0.6) is 0 Å². The van der Waals surface area contributed by atoms with Crippen LogP contribution in [0.4, 0.5) is 0 Å². The van der Waals surface area contributed by atoms with Gasteiger partial charge in [0.25, 0.3) is 0 Å². The minimum absolute atomic E-state index is 0.0842. The number of allylic oxidation sites excluding steroid dienone is 4. The molecule has 0 heterocycles. The SMILES string of the molecule is CCCCCC/C=C\C=C/CCCCCCCC(=O)O[C@H](COC(=O)CCCCCCCCCC(C)C)COP(=O)(O)OCC(O)COP(=O)(O)OC[C@@H](COC(=O)CCCCCCCCCCCCCCCCC(C)C)OC(=O)CCCCCCCCCCCCCCCCCCCCC(C)CC. The number of phosphoric ester groups is 2. The van der Waals surface area contributed by atoms with Crippen molar-refractivity contribution in [2.75, 3.05) is 39.6 Å². The highest BCUT2D eigenvalue weighted by Gasteiger charge is 2.30. The molecule has 0 amide bonds. The topological polar surface area (TPSA) is 237 Å². The molecule has 19 heteroatoms. The Balaban J connectivity index is 5.25. The van der Waals surface area contributed by atoms with Crippen molar-refractivity contribution in [1.82, 2.24) is 0 Å². The Labute approximate surface area is 637 Å². The van der Waals surface area contributed by atoms with Crippen molar-refractivity contribution in [1.29, 1.82) is 0 Å². The van der Waals surface area contributed by atoms with Gasteiger partial charge in [-0.05, 0) is 69.1 Å². The summed E-state index contributed by atoms with van der Waals surface area (Å²) in [5.41, 5.74) is 0. The van der Waals surface area contributed by atoms with Crippen LogP contribution in [0.25, 0.3) is 0 Å². The maximum absolute atomic E-state index is 13.1. The zero-order chi connectivity index (χ0) is 76.5. The molecule has 4 unspecified atom stereocenters. The van der Waals surface area contributed by atoms with Gasteiger partial charge in [0.1, 0.15) is 19.3 Å². The van der Waals surface area contributed by atoms with E-state index in [1.165, 1.54) is 212 Å². The van der Waals surface area contributed by atoms with Crippen molar-refractivity contribution >= 4 is 39.5 Å². The minimum Gasteiger partial charge on any atom is -0.462 e. The molecule has 0 saturated heterocycles. The maximum Gasteiger partial charge on any atom is 0.472 e. The van der Waals surface area contributed by atoms with Crippen LogP contribution in [0.3, 0.4) is 0 Å². The number of hydrogen-bond donors (Lipinski definition) is 3. The molecule has 104 heavy (non-hydrogen) atoms. The monoisotopic (exact) mass is 1520 g/mol. The molecule has 0 rings (SSSR count). The number of aliphatic hydroxyl groups is 1. The van der Waals surface area contributed by atoms with Crippen LogP contribution < -0.4 is 0 Å². The van der Waals surface area contributed by atoms with Crippen molar-refractivity contribution in [3.63, 3.8) is 0 Å². The second kappa shape index (κ2) is 74.6. The molecule has 0 radical (unpaired) electrons. The second-order valence-corrected chi connectivity index (χ2v) is 34.0. The third kappa shape index (κ3) is 76.3. The third-order valence-corrected chi connectivity index (χ3v) is 21.5. The summed E-state index contributed by atoms with van der Waals surface area (Å²) >= 11 is 0. The first-order chi connectivity index (χ1) is 50.3. The Kier molecular flexibility index (Phi) is 72.9. The summed E-state index contributed by atoms with van der Waals surface area (Å²) in [5.74, 6) is 0.231. The summed E-state index contributed by atoms with van der Waals surface area (Å²) in [6.45, 7) is 11.9. The second-order valence-electron chi connectivity index (χ2n) is 31.1. The smallest absolute Gasteiger partial charge is 0.462 e. The first kappa shape index (κ1) is 102. The highest BCUT2D eigenvalue weighted by molar-refractivity contribution is 7.47. The average molecular weight is 1520 g/mol. The van der Waals surface area contributed by atoms with E-state index in [9.17, 15) is 43.2 Å². The van der Waals surface area contributed by atoms with E-state index < -0.39 is 97.5 Å². The molecule has 0 aliphatic heterocycles. The zero-order valence-electron chi connectivity index (χ0n) is 68.0. The summed E-state index contributed by atoms with van der Waals surface area (Å²) in [6.07, 6.45) is 67.5. The lowest BCUT2D eigenvalue weighted by Crippen LogP contribution is -2.30. The number of rotatable bonds is 81. The van der Waals surface area contributed by atoms with Crippen LogP contribution in [0, 0.1) is 17.8 Å². The van der Waals surface area contributed by atoms with Crippen molar-refractivity contribution in [2.45, 2.75) is 439 Å². The average Bonchev–Trinajstić information content (AvgIpc) is 0.909. The molecule has 0 bridgehead atoms. The number of ether oxygens (including phenoxy) is 4. The Morgan fingerprint density at radius 2 is 0.567 bits per heavy atom. The van der Waals surface area contributed by atoms with E-state index in [2.05, 4.69) is 72.8 Å². The molecule has 614 valence electrons. The van der Waals surface area contributed by atoms with E-state index >= 15 is 0 Å². The van der Waals surface area contributed by atoms with E-state index in [0.717, 1.165) is 121 Å². The van der Waals surface area contributed by atoms with E-state index in [4.69, 9.17) is 37.0 Å². The van der Waals surface area contributed by atoms with Crippen molar-refractivity contribution in [3.8, 4) is 0 Å². The minimum atomic E-state index is -4.97. The summed E-state index contributed by atoms with van der Waals surface area (Å²) < 4.78 is 68.8. The van der Waals surface area contributed by atoms with E-state index in [-0.39, 0.29) is 25.7 Å². The maximum atomic E-state index is 13.1. The van der Waals surface area contributed by atoms with Crippen LogP contribution in [-0.4, -0.2) is 96.7 Å². The molecular formula is C85H162O17P2. The summed E-state index contributed by atoms with van der Waals surface area (Å²) in [7, 11) is -9.94. The number of carbonyl (C=O) groups excluding carboxylic acids is 4. The fourth-order valence-electron chi connectivity index (χ4n) is 12.6. The van der Waals surface area contributed by atoms with Gasteiger partial charge < -0.3 is 33.8 Å². The molecule has 0 saturated carbocycles. The summed E-state index contributed by atoms with van der Waals surface area (Å²) in [4.78, 5) is 73.1. The zero-order valence-corrected chi connectivity index (χ0v) is 69.8. The van der Waals surface area contributed by atoms with Crippen molar-refractivity contribution in [2.24, 2.45) is 17.8 Å². The fraction of sp³-hybridized carbons (Fsp3) is 0.906. The van der Waals surface area contributed by atoms with Crippen LogP contribution in [0.15, 0.2) is 24.3 Å². The first-order valence-electron chi connectivity index (χ1n) is 43.2. The van der Waals surface area contributed by atoms with E-state index in [1.807, 2.05) is 0 Å². The molecule has 0 spiro atoms. The van der Waals surface area contributed by atoms with Gasteiger partial charge in [-0.2, -0.15) is 0 Å². The highest BCUT2D eigenvalue weighted by atomic mass is 31.2. The van der Waals surface area contributed by atoms with Gasteiger partial charge in [-0.3, -0.25) is 37.3 Å². The quantitative estimate of drug-likeness (QED) is 0.0169. The van der Waals surface area contributed by atoms with Gasteiger partial charge in [0.05, 0.1) is 26.4 Å². The Morgan fingerprint density at radius 1 is 0.317 bits per heavy atom. The lowest BCUT2D eigenvalue weighted by atomic mass is 9.99. The largest absolute Gasteiger partial charge is 0.472 e. The number of hydrogen-bond acceptors (Lipinski definition) is 15. The lowest BCUT2D eigenvalue weighted by molar-refractivity contribution is -0.161. The van der Waals surface area contributed by atoms with Crippen LogP contribution in [0.1, 0.15) is 421 Å². The van der Waals surface area contributed by atoms with Crippen LogP contribution in [-0.2, 0) is 65.4 Å². The normalized spacial score (nSPS) is 14.3. The van der Waals surface area contributed by atoms with Crippen molar-refractivity contribution in [3.05, 3.63) is 24.3 Å².